The zero-order valence-electron chi connectivity index (χ0n) is 9.03. The van der Waals surface area contributed by atoms with Crippen molar-refractivity contribution >= 4 is 10.9 Å². The van der Waals surface area contributed by atoms with Gasteiger partial charge in [-0.1, -0.05) is 25.1 Å². The van der Waals surface area contributed by atoms with Gasteiger partial charge in [0.25, 0.3) is 0 Å². The van der Waals surface area contributed by atoms with E-state index in [4.69, 9.17) is 4.98 Å². The lowest BCUT2D eigenvalue weighted by atomic mass is 9.87. The van der Waals surface area contributed by atoms with Crippen LogP contribution in [-0.2, 0) is 6.42 Å². The molecule has 0 spiro atoms. The van der Waals surface area contributed by atoms with Crippen LogP contribution in [0.15, 0.2) is 30.3 Å². The molecule has 1 aromatic carbocycles. The number of aryl methyl sites for hydroxylation is 1. The van der Waals surface area contributed by atoms with Crippen molar-refractivity contribution in [3.8, 4) is 0 Å². The maximum Gasteiger partial charge on any atom is 0.0705 e. The van der Waals surface area contributed by atoms with Crippen molar-refractivity contribution < 1.29 is 0 Å². The molecule has 1 unspecified atom stereocenters. The van der Waals surface area contributed by atoms with E-state index in [0.29, 0.717) is 5.92 Å². The molecular weight excluding hydrogens is 182 g/mol. The molecule has 0 bridgehead atoms. The molecule has 0 radical (unpaired) electrons. The van der Waals surface area contributed by atoms with Crippen LogP contribution in [0.4, 0.5) is 0 Å². The molecule has 1 aromatic heterocycles. The zero-order valence-corrected chi connectivity index (χ0v) is 9.03. The van der Waals surface area contributed by atoms with E-state index >= 15 is 0 Å². The molecule has 1 aliphatic rings. The van der Waals surface area contributed by atoms with Crippen molar-refractivity contribution in [3.63, 3.8) is 0 Å². The predicted octanol–water partition coefficient (Wildman–Crippen LogP) is 3.67. The van der Waals surface area contributed by atoms with Crippen LogP contribution in [0.2, 0.25) is 0 Å². The van der Waals surface area contributed by atoms with Gasteiger partial charge in [0.1, 0.15) is 0 Å². The van der Waals surface area contributed by atoms with Gasteiger partial charge in [-0.2, -0.15) is 0 Å². The van der Waals surface area contributed by atoms with E-state index in [1.165, 1.54) is 35.9 Å². The van der Waals surface area contributed by atoms with Crippen molar-refractivity contribution in [2.45, 2.75) is 32.1 Å². The minimum absolute atomic E-state index is 0.637. The fourth-order valence-corrected chi connectivity index (χ4v) is 2.54. The normalized spacial score (nSPS) is 20.2. The number of rotatable bonds is 0. The molecule has 0 amide bonds. The SMILES string of the molecule is CC1CCCc2cc3ccccc3nc21. The van der Waals surface area contributed by atoms with Crippen LogP contribution in [0, 0.1) is 0 Å². The van der Waals surface area contributed by atoms with Gasteiger partial charge in [0, 0.05) is 11.1 Å². The maximum atomic E-state index is 4.80. The van der Waals surface area contributed by atoms with Gasteiger partial charge in [0.05, 0.1) is 5.52 Å². The van der Waals surface area contributed by atoms with Gasteiger partial charge in [-0.3, -0.25) is 4.98 Å². The third-order valence-corrected chi connectivity index (χ3v) is 3.39. The van der Waals surface area contributed by atoms with Gasteiger partial charge in [0.2, 0.25) is 0 Å². The van der Waals surface area contributed by atoms with Crippen LogP contribution in [0.1, 0.15) is 36.9 Å². The molecule has 0 aliphatic heterocycles. The first-order valence-electron chi connectivity index (χ1n) is 5.73. The first kappa shape index (κ1) is 8.90. The summed E-state index contributed by atoms with van der Waals surface area (Å²) in [6, 6.07) is 10.7. The number of hydrogen-bond donors (Lipinski definition) is 0. The molecule has 0 fully saturated rings. The third kappa shape index (κ3) is 1.43. The molecule has 1 nitrogen and oxygen atoms in total. The van der Waals surface area contributed by atoms with Gasteiger partial charge in [-0.05, 0) is 42.9 Å². The summed E-state index contributed by atoms with van der Waals surface area (Å²) in [5, 5.41) is 1.28. The topological polar surface area (TPSA) is 12.9 Å². The molecule has 15 heavy (non-hydrogen) atoms. The minimum Gasteiger partial charge on any atom is -0.252 e. The molecule has 76 valence electrons. The average molecular weight is 197 g/mol. The van der Waals surface area contributed by atoms with E-state index < -0.39 is 0 Å². The van der Waals surface area contributed by atoms with Crippen LogP contribution in [0.25, 0.3) is 10.9 Å². The molecule has 2 aromatic rings. The first-order valence-corrected chi connectivity index (χ1v) is 5.73. The van der Waals surface area contributed by atoms with Crippen molar-refractivity contribution in [1.82, 2.24) is 4.98 Å². The van der Waals surface area contributed by atoms with Gasteiger partial charge < -0.3 is 0 Å². The van der Waals surface area contributed by atoms with E-state index in [-0.39, 0.29) is 0 Å². The number of benzene rings is 1. The van der Waals surface area contributed by atoms with Crippen LogP contribution < -0.4 is 0 Å². The van der Waals surface area contributed by atoms with Crippen molar-refractivity contribution in [2.75, 3.05) is 0 Å². The second kappa shape index (κ2) is 3.34. The summed E-state index contributed by atoms with van der Waals surface area (Å²) in [7, 11) is 0. The Hall–Kier alpha value is -1.37. The number of fused-ring (bicyclic) bond motifs is 2. The highest BCUT2D eigenvalue weighted by Gasteiger charge is 2.18. The van der Waals surface area contributed by atoms with Gasteiger partial charge in [0.15, 0.2) is 0 Å². The lowest BCUT2D eigenvalue weighted by Gasteiger charge is -2.21. The Kier molecular flexibility index (Phi) is 1.98. The summed E-state index contributed by atoms with van der Waals surface area (Å²) in [5.41, 5.74) is 3.94. The minimum atomic E-state index is 0.637. The fraction of sp³-hybridized carbons (Fsp3) is 0.357. The summed E-state index contributed by atoms with van der Waals surface area (Å²) < 4.78 is 0. The van der Waals surface area contributed by atoms with Crippen LogP contribution in [-0.4, -0.2) is 4.98 Å². The Bertz CT molecular complexity index is 502. The Morgan fingerprint density at radius 3 is 3.07 bits per heavy atom. The van der Waals surface area contributed by atoms with Crippen LogP contribution >= 0.6 is 0 Å². The lowest BCUT2D eigenvalue weighted by Crippen LogP contribution is -2.09. The molecule has 0 N–H and O–H groups in total. The standard InChI is InChI=1S/C14H15N/c1-10-5-4-7-12-9-11-6-2-3-8-13(11)15-14(10)12/h2-3,6,8-10H,4-5,7H2,1H3. The smallest absolute Gasteiger partial charge is 0.0705 e. The Balaban J connectivity index is 2.27. The van der Waals surface area contributed by atoms with Gasteiger partial charge >= 0.3 is 0 Å². The summed E-state index contributed by atoms with van der Waals surface area (Å²) in [6.07, 6.45) is 3.81. The number of pyridine rings is 1. The second-order valence-corrected chi connectivity index (χ2v) is 4.52. The van der Waals surface area contributed by atoms with E-state index in [1.807, 2.05) is 0 Å². The third-order valence-electron chi connectivity index (χ3n) is 3.39. The Morgan fingerprint density at radius 1 is 1.27 bits per heavy atom. The van der Waals surface area contributed by atoms with E-state index in [2.05, 4.69) is 37.3 Å². The lowest BCUT2D eigenvalue weighted by molar-refractivity contribution is 0.576. The van der Waals surface area contributed by atoms with Gasteiger partial charge in [-0.15, -0.1) is 0 Å². The number of nitrogens with zero attached hydrogens (tertiary/aromatic N) is 1. The molecular formula is C14H15N. The summed E-state index contributed by atoms with van der Waals surface area (Å²) in [6.45, 7) is 2.29. The van der Waals surface area contributed by atoms with E-state index in [1.54, 1.807) is 0 Å². The Labute approximate surface area is 90.2 Å². The van der Waals surface area contributed by atoms with Crippen molar-refractivity contribution in [3.05, 3.63) is 41.6 Å². The molecule has 0 saturated carbocycles. The average Bonchev–Trinajstić information content (AvgIpc) is 2.27. The van der Waals surface area contributed by atoms with Crippen molar-refractivity contribution in [1.29, 1.82) is 0 Å². The Morgan fingerprint density at radius 2 is 2.13 bits per heavy atom. The predicted molar refractivity (Wildman–Crippen MR) is 63.1 cm³/mol. The quantitative estimate of drug-likeness (QED) is 0.628. The molecule has 1 heteroatoms. The summed E-state index contributed by atoms with van der Waals surface area (Å²) >= 11 is 0. The fourth-order valence-electron chi connectivity index (χ4n) is 2.54. The van der Waals surface area contributed by atoms with Crippen LogP contribution in [0.5, 0.6) is 0 Å². The molecule has 1 heterocycles. The summed E-state index contributed by atoms with van der Waals surface area (Å²) in [4.78, 5) is 4.80. The monoisotopic (exact) mass is 197 g/mol. The molecule has 1 aliphatic carbocycles. The highest BCUT2D eigenvalue weighted by atomic mass is 14.7. The maximum absolute atomic E-state index is 4.80. The molecule has 0 saturated heterocycles. The first-order chi connectivity index (χ1) is 7.34. The van der Waals surface area contributed by atoms with Crippen LogP contribution in [0.3, 0.4) is 0 Å². The van der Waals surface area contributed by atoms with Gasteiger partial charge in [-0.25, -0.2) is 0 Å². The molecule has 1 atom stereocenters. The van der Waals surface area contributed by atoms with Crippen molar-refractivity contribution in [2.24, 2.45) is 0 Å². The number of para-hydroxylation sites is 1. The highest BCUT2D eigenvalue weighted by molar-refractivity contribution is 5.79. The highest BCUT2D eigenvalue weighted by Crippen LogP contribution is 2.31. The van der Waals surface area contributed by atoms with E-state index in [0.717, 1.165) is 5.52 Å². The largest absolute Gasteiger partial charge is 0.252 e. The van der Waals surface area contributed by atoms with E-state index in [9.17, 15) is 0 Å². The number of hydrogen-bond acceptors (Lipinski definition) is 1. The molecule has 3 rings (SSSR count). The zero-order chi connectivity index (χ0) is 10.3. The number of aromatic nitrogens is 1. The summed E-state index contributed by atoms with van der Waals surface area (Å²) in [5.74, 6) is 0.637. The second-order valence-electron chi connectivity index (χ2n) is 4.52.